The van der Waals surface area contributed by atoms with Gasteiger partial charge in [0.2, 0.25) is 11.8 Å². The van der Waals surface area contributed by atoms with Gasteiger partial charge in [-0.25, -0.2) is 0 Å². The topological polar surface area (TPSA) is 84.2 Å². The number of carbonyl (C=O) groups is 2. The minimum atomic E-state index is -0.477. The molecule has 1 heterocycles. The summed E-state index contributed by atoms with van der Waals surface area (Å²) in [4.78, 5) is 23.3. The number of hydrogen-bond acceptors (Lipinski definition) is 3. The van der Waals surface area contributed by atoms with E-state index >= 15 is 0 Å². The van der Waals surface area contributed by atoms with E-state index in [9.17, 15) is 9.59 Å². The van der Waals surface area contributed by atoms with Gasteiger partial charge in [0, 0.05) is 23.7 Å². The van der Waals surface area contributed by atoms with Crippen molar-refractivity contribution in [2.45, 2.75) is 45.1 Å². The van der Waals surface area contributed by atoms with Crippen LogP contribution in [0.3, 0.4) is 0 Å². The highest BCUT2D eigenvalue weighted by Gasteiger charge is 2.15. The van der Waals surface area contributed by atoms with Gasteiger partial charge in [0.25, 0.3) is 0 Å². The lowest BCUT2D eigenvalue weighted by Crippen LogP contribution is -2.34. The van der Waals surface area contributed by atoms with Crippen LogP contribution in [-0.2, 0) is 4.79 Å². The predicted octanol–water partition coefficient (Wildman–Crippen LogP) is 1.95. The fourth-order valence-electron chi connectivity index (χ4n) is 2.73. The summed E-state index contributed by atoms with van der Waals surface area (Å²) in [7, 11) is 0. The number of benzene rings is 1. The van der Waals surface area contributed by atoms with Crippen LogP contribution in [0, 0.1) is 6.92 Å². The molecule has 5 nitrogen and oxygen atoms in total. The molecule has 0 spiro atoms. The molecule has 0 aliphatic carbocycles. The molecule has 1 fully saturated rings. The molecule has 114 valence electrons. The Labute approximate surface area is 125 Å². The van der Waals surface area contributed by atoms with E-state index in [-0.39, 0.29) is 5.91 Å². The van der Waals surface area contributed by atoms with Gasteiger partial charge in [0.05, 0.1) is 0 Å². The van der Waals surface area contributed by atoms with Gasteiger partial charge in [-0.2, -0.15) is 0 Å². The van der Waals surface area contributed by atoms with Crippen LogP contribution < -0.4 is 16.4 Å². The molecule has 1 unspecified atom stereocenters. The lowest BCUT2D eigenvalue weighted by Gasteiger charge is -2.23. The first kappa shape index (κ1) is 15.5. The van der Waals surface area contributed by atoms with Crippen molar-refractivity contribution in [3.8, 4) is 0 Å². The summed E-state index contributed by atoms with van der Waals surface area (Å²) in [6.45, 7) is 2.84. The first-order valence-corrected chi connectivity index (χ1v) is 7.50. The first-order chi connectivity index (χ1) is 10.1. The Morgan fingerprint density at radius 1 is 1.38 bits per heavy atom. The van der Waals surface area contributed by atoms with Crippen LogP contribution >= 0.6 is 0 Å². The van der Waals surface area contributed by atoms with Crippen molar-refractivity contribution in [1.82, 2.24) is 5.32 Å². The molecule has 1 aromatic rings. The molecule has 1 saturated heterocycles. The van der Waals surface area contributed by atoms with Crippen LogP contribution in [0.25, 0.3) is 0 Å². The highest BCUT2D eigenvalue weighted by Crippen LogP contribution is 2.19. The number of primary amides is 1. The molecule has 0 aromatic heterocycles. The maximum atomic E-state index is 12.0. The van der Waals surface area contributed by atoms with E-state index in [0.29, 0.717) is 29.3 Å². The zero-order valence-corrected chi connectivity index (χ0v) is 12.4. The third-order valence-electron chi connectivity index (χ3n) is 4.01. The van der Waals surface area contributed by atoms with Crippen molar-refractivity contribution >= 4 is 17.5 Å². The molecule has 0 bridgehead atoms. The lowest BCUT2D eigenvalue weighted by molar-refractivity contribution is -0.116. The fraction of sp³-hybridized carbons (Fsp3) is 0.500. The molecular weight excluding hydrogens is 266 g/mol. The number of nitrogens with one attached hydrogen (secondary N) is 2. The van der Waals surface area contributed by atoms with E-state index in [0.717, 1.165) is 19.4 Å². The summed E-state index contributed by atoms with van der Waals surface area (Å²) < 4.78 is 0. The highest BCUT2D eigenvalue weighted by molar-refractivity contribution is 5.98. The Hall–Kier alpha value is -1.88. The van der Waals surface area contributed by atoms with E-state index in [2.05, 4.69) is 10.6 Å². The molecule has 2 rings (SSSR count). The quantitative estimate of drug-likeness (QED) is 0.774. The van der Waals surface area contributed by atoms with E-state index in [1.165, 1.54) is 12.8 Å². The Morgan fingerprint density at radius 3 is 2.86 bits per heavy atom. The minimum absolute atomic E-state index is 0.0212. The van der Waals surface area contributed by atoms with Gasteiger partial charge in [0.1, 0.15) is 0 Å². The lowest BCUT2D eigenvalue weighted by atomic mass is 10.0. The largest absolute Gasteiger partial charge is 0.366 e. The molecule has 1 aliphatic heterocycles. The van der Waals surface area contributed by atoms with Gasteiger partial charge < -0.3 is 16.4 Å². The van der Waals surface area contributed by atoms with Crippen molar-refractivity contribution < 1.29 is 9.59 Å². The van der Waals surface area contributed by atoms with Crippen molar-refractivity contribution in [3.05, 3.63) is 29.3 Å². The Balaban J connectivity index is 1.90. The monoisotopic (exact) mass is 289 g/mol. The molecule has 2 amide bonds. The summed E-state index contributed by atoms with van der Waals surface area (Å²) in [6, 6.07) is 5.63. The molecule has 1 atom stereocenters. The Morgan fingerprint density at radius 2 is 2.19 bits per heavy atom. The molecule has 5 heteroatoms. The van der Waals surface area contributed by atoms with Gasteiger partial charge in [-0.3, -0.25) is 9.59 Å². The first-order valence-electron chi connectivity index (χ1n) is 7.50. The molecule has 0 radical (unpaired) electrons. The summed E-state index contributed by atoms with van der Waals surface area (Å²) in [5, 5.41) is 6.30. The van der Waals surface area contributed by atoms with E-state index in [1.54, 1.807) is 25.1 Å². The zero-order chi connectivity index (χ0) is 15.2. The number of nitrogens with two attached hydrogens (primary N) is 1. The minimum Gasteiger partial charge on any atom is -0.366 e. The molecule has 0 saturated carbocycles. The van der Waals surface area contributed by atoms with Gasteiger partial charge in [-0.05, 0) is 50.4 Å². The van der Waals surface area contributed by atoms with Gasteiger partial charge in [-0.15, -0.1) is 0 Å². The summed E-state index contributed by atoms with van der Waals surface area (Å²) >= 11 is 0. The van der Waals surface area contributed by atoms with Gasteiger partial charge >= 0.3 is 0 Å². The third kappa shape index (κ3) is 4.29. The van der Waals surface area contributed by atoms with E-state index in [4.69, 9.17) is 5.73 Å². The number of piperidine rings is 1. The maximum absolute atomic E-state index is 12.0. The van der Waals surface area contributed by atoms with Crippen molar-refractivity contribution in [2.24, 2.45) is 5.73 Å². The van der Waals surface area contributed by atoms with Gasteiger partial charge in [0.15, 0.2) is 0 Å². The number of anilines is 1. The summed E-state index contributed by atoms with van der Waals surface area (Å²) in [5.41, 5.74) is 7.13. The second kappa shape index (κ2) is 7.22. The Bertz CT molecular complexity index is 522. The van der Waals surface area contributed by atoms with E-state index < -0.39 is 5.91 Å². The predicted molar refractivity (Wildman–Crippen MR) is 83.2 cm³/mol. The third-order valence-corrected chi connectivity index (χ3v) is 4.01. The molecule has 1 aromatic carbocycles. The zero-order valence-electron chi connectivity index (χ0n) is 12.4. The van der Waals surface area contributed by atoms with Crippen molar-refractivity contribution in [3.63, 3.8) is 0 Å². The molecule has 4 N–H and O–H groups in total. The standard InChI is InChI=1S/C16H23N3O2/c1-11-13(16(17)21)6-4-7-14(11)19-15(20)9-8-12-5-2-3-10-18-12/h4,6-7,12,18H,2-3,5,8-10H2,1H3,(H2,17,21)(H,19,20). The second-order valence-electron chi connectivity index (χ2n) is 5.58. The van der Waals surface area contributed by atoms with Crippen LogP contribution in [0.2, 0.25) is 0 Å². The van der Waals surface area contributed by atoms with Crippen LogP contribution in [-0.4, -0.2) is 24.4 Å². The van der Waals surface area contributed by atoms with Crippen LogP contribution in [0.4, 0.5) is 5.69 Å². The smallest absolute Gasteiger partial charge is 0.249 e. The van der Waals surface area contributed by atoms with Crippen LogP contribution in [0.5, 0.6) is 0 Å². The van der Waals surface area contributed by atoms with Crippen LogP contribution in [0.15, 0.2) is 18.2 Å². The SMILES string of the molecule is Cc1c(NC(=O)CCC2CCCCN2)cccc1C(N)=O. The average Bonchev–Trinajstić information content (AvgIpc) is 2.48. The normalized spacial score (nSPS) is 18.2. The summed E-state index contributed by atoms with van der Waals surface area (Å²) in [5.74, 6) is -0.498. The molecule has 1 aliphatic rings. The van der Waals surface area contributed by atoms with Crippen LogP contribution in [0.1, 0.15) is 48.0 Å². The second-order valence-corrected chi connectivity index (χ2v) is 5.58. The highest BCUT2D eigenvalue weighted by atomic mass is 16.2. The average molecular weight is 289 g/mol. The molecule has 21 heavy (non-hydrogen) atoms. The number of amides is 2. The number of rotatable bonds is 5. The summed E-state index contributed by atoms with van der Waals surface area (Å²) in [6.07, 6.45) is 4.93. The number of hydrogen-bond donors (Lipinski definition) is 3. The fourth-order valence-corrected chi connectivity index (χ4v) is 2.73. The van der Waals surface area contributed by atoms with Gasteiger partial charge in [-0.1, -0.05) is 12.5 Å². The van der Waals surface area contributed by atoms with E-state index in [1.807, 2.05) is 0 Å². The van der Waals surface area contributed by atoms with Crippen molar-refractivity contribution in [1.29, 1.82) is 0 Å². The van der Waals surface area contributed by atoms with Crippen molar-refractivity contribution in [2.75, 3.05) is 11.9 Å². The maximum Gasteiger partial charge on any atom is 0.249 e. The Kier molecular flexibility index (Phi) is 5.33. The number of carbonyl (C=O) groups excluding carboxylic acids is 2. The molecular formula is C16H23N3O2.